The second-order valence-electron chi connectivity index (χ2n) is 14.0. The van der Waals surface area contributed by atoms with Crippen molar-refractivity contribution >= 4 is 75.5 Å². The third kappa shape index (κ3) is 5.08. The molecule has 0 atom stereocenters. The molecule has 0 spiro atoms. The van der Waals surface area contributed by atoms with Crippen LogP contribution in [0.15, 0.2) is 173 Å². The van der Waals surface area contributed by atoms with Gasteiger partial charge in [0.15, 0.2) is 23.3 Å². The molecule has 5 heterocycles. The van der Waals surface area contributed by atoms with Gasteiger partial charge in [0.1, 0.15) is 22.3 Å². The van der Waals surface area contributed by atoms with Crippen molar-refractivity contribution < 1.29 is 8.83 Å². The number of fused-ring (bicyclic) bond motifs is 9. The molecule has 5 aromatic heterocycles. The molecule has 0 saturated heterocycles. The van der Waals surface area contributed by atoms with Crippen LogP contribution >= 0.6 is 11.3 Å². The fourth-order valence-corrected chi connectivity index (χ4v) is 9.07. The summed E-state index contributed by atoms with van der Waals surface area (Å²) < 4.78 is 15.2. The Kier molecular flexibility index (Phi) is 6.96. The number of benzene rings is 7. The number of nitrogens with zero attached hydrogens (tertiary/aromatic N) is 5. The third-order valence-electron chi connectivity index (χ3n) is 10.6. The molecule has 7 aromatic carbocycles. The van der Waals surface area contributed by atoms with Crippen LogP contribution in [-0.2, 0) is 0 Å². The van der Waals surface area contributed by atoms with E-state index >= 15 is 0 Å². The van der Waals surface area contributed by atoms with Crippen molar-refractivity contribution in [1.82, 2.24) is 24.9 Å². The molecule has 0 N–H and O–H groups in total. The summed E-state index contributed by atoms with van der Waals surface area (Å²) in [6, 6.07) is 55.1. The lowest BCUT2D eigenvalue weighted by Crippen LogP contribution is -2.00. The minimum Gasteiger partial charge on any atom is -0.456 e. The third-order valence-corrected chi connectivity index (χ3v) is 11.7. The largest absolute Gasteiger partial charge is 0.456 e. The molecular weight excluding hydrogens is 723 g/mol. The van der Waals surface area contributed by atoms with E-state index in [1.807, 2.05) is 103 Å². The Balaban J connectivity index is 1.10. The summed E-state index contributed by atoms with van der Waals surface area (Å²) >= 11 is 1.71. The van der Waals surface area contributed by atoms with Gasteiger partial charge < -0.3 is 8.83 Å². The lowest BCUT2D eigenvalue weighted by molar-refractivity contribution is 0.669. The Hall–Kier alpha value is -7.55. The summed E-state index contributed by atoms with van der Waals surface area (Å²) in [6.07, 6.45) is 0. The highest BCUT2D eigenvalue weighted by Crippen LogP contribution is 2.43. The van der Waals surface area contributed by atoms with E-state index in [1.54, 1.807) is 11.3 Å². The van der Waals surface area contributed by atoms with Crippen LogP contribution in [-0.4, -0.2) is 24.9 Å². The smallest absolute Gasteiger partial charge is 0.164 e. The predicted molar refractivity (Wildman–Crippen MR) is 230 cm³/mol. The average Bonchev–Trinajstić information content (AvgIpc) is 3.98. The Morgan fingerprint density at radius 3 is 1.81 bits per heavy atom. The molecule has 0 saturated carbocycles. The van der Waals surface area contributed by atoms with Crippen molar-refractivity contribution in [2.24, 2.45) is 0 Å². The van der Waals surface area contributed by atoms with E-state index in [2.05, 4.69) is 60.7 Å². The zero-order valence-corrected chi connectivity index (χ0v) is 30.9. The van der Waals surface area contributed by atoms with E-state index in [4.69, 9.17) is 33.8 Å². The molecule has 0 aliphatic carbocycles. The van der Waals surface area contributed by atoms with Crippen LogP contribution in [0.25, 0.3) is 121 Å². The van der Waals surface area contributed by atoms with Crippen LogP contribution in [0.3, 0.4) is 0 Å². The van der Waals surface area contributed by atoms with Crippen LogP contribution < -0.4 is 0 Å². The fraction of sp³-hybridized carbons (Fsp3) is 0. The number of thiophene rings is 1. The van der Waals surface area contributed by atoms with E-state index in [9.17, 15) is 0 Å². The van der Waals surface area contributed by atoms with Gasteiger partial charge in [0.25, 0.3) is 0 Å². The van der Waals surface area contributed by atoms with Gasteiger partial charge in [-0.15, -0.1) is 11.3 Å². The number of furan rings is 2. The van der Waals surface area contributed by atoms with Crippen molar-refractivity contribution in [3.63, 3.8) is 0 Å². The predicted octanol–water partition coefficient (Wildman–Crippen LogP) is 13.2. The summed E-state index contributed by atoms with van der Waals surface area (Å²) in [6.45, 7) is 0. The highest BCUT2D eigenvalue weighted by atomic mass is 32.1. The van der Waals surface area contributed by atoms with Gasteiger partial charge in [-0.3, -0.25) is 0 Å². The highest BCUT2D eigenvalue weighted by Gasteiger charge is 2.22. The Morgan fingerprint density at radius 1 is 0.386 bits per heavy atom. The molecule has 0 aliphatic heterocycles. The first-order valence-corrected chi connectivity index (χ1v) is 19.5. The SMILES string of the molecule is c1ccc(-c2nc(-c3ccccc3)nc(-c3cccc4oc5ccc(-c6nc(-c7cccc8c7oc7ccccc78)nc7c6sc6ccccc67)cc5c34)n2)cc1. The number of para-hydroxylation sites is 2. The minimum absolute atomic E-state index is 0.566. The maximum Gasteiger partial charge on any atom is 0.164 e. The molecule has 0 fully saturated rings. The summed E-state index contributed by atoms with van der Waals surface area (Å²) in [5.74, 6) is 2.38. The second kappa shape index (κ2) is 12.5. The molecule has 0 bridgehead atoms. The van der Waals surface area contributed by atoms with Crippen molar-refractivity contribution in [3.05, 3.63) is 164 Å². The minimum atomic E-state index is 0.566. The zero-order chi connectivity index (χ0) is 37.5. The molecular formula is C49H27N5O2S. The molecule has 0 aliphatic rings. The van der Waals surface area contributed by atoms with Crippen LogP contribution in [0.5, 0.6) is 0 Å². The fourth-order valence-electron chi connectivity index (χ4n) is 7.92. The van der Waals surface area contributed by atoms with Gasteiger partial charge in [-0.2, -0.15) is 0 Å². The monoisotopic (exact) mass is 749 g/mol. The topological polar surface area (TPSA) is 90.7 Å². The van der Waals surface area contributed by atoms with Gasteiger partial charge in [0.2, 0.25) is 0 Å². The van der Waals surface area contributed by atoms with Crippen molar-refractivity contribution in [1.29, 1.82) is 0 Å². The summed E-state index contributed by atoms with van der Waals surface area (Å²) in [7, 11) is 0. The van der Waals surface area contributed by atoms with Gasteiger partial charge in [-0.05, 0) is 42.5 Å². The number of hydrogen-bond donors (Lipinski definition) is 0. The van der Waals surface area contributed by atoms with Crippen LogP contribution in [0.4, 0.5) is 0 Å². The van der Waals surface area contributed by atoms with Crippen molar-refractivity contribution in [2.45, 2.75) is 0 Å². The van der Waals surface area contributed by atoms with Gasteiger partial charge in [0, 0.05) is 53.9 Å². The first-order chi connectivity index (χ1) is 28.2. The molecule has 7 nitrogen and oxygen atoms in total. The van der Waals surface area contributed by atoms with E-state index in [0.29, 0.717) is 23.3 Å². The first-order valence-electron chi connectivity index (χ1n) is 18.7. The summed E-state index contributed by atoms with van der Waals surface area (Å²) in [4.78, 5) is 25.7. The lowest BCUT2D eigenvalue weighted by atomic mass is 10.0. The maximum absolute atomic E-state index is 6.53. The molecule has 266 valence electrons. The van der Waals surface area contributed by atoms with E-state index < -0.39 is 0 Å². The number of hydrogen-bond acceptors (Lipinski definition) is 8. The van der Waals surface area contributed by atoms with Crippen LogP contribution in [0, 0.1) is 0 Å². The van der Waals surface area contributed by atoms with E-state index in [0.717, 1.165) is 97.7 Å². The van der Waals surface area contributed by atoms with Crippen LogP contribution in [0.2, 0.25) is 0 Å². The Labute approximate surface area is 328 Å². The number of aromatic nitrogens is 5. The van der Waals surface area contributed by atoms with Crippen LogP contribution in [0.1, 0.15) is 0 Å². The van der Waals surface area contributed by atoms with E-state index in [1.165, 1.54) is 0 Å². The van der Waals surface area contributed by atoms with Crippen molar-refractivity contribution in [2.75, 3.05) is 0 Å². The highest BCUT2D eigenvalue weighted by molar-refractivity contribution is 7.26. The maximum atomic E-state index is 6.53. The quantitative estimate of drug-likeness (QED) is 0.173. The average molecular weight is 750 g/mol. The molecule has 57 heavy (non-hydrogen) atoms. The molecule has 12 aromatic rings. The molecule has 8 heteroatoms. The van der Waals surface area contributed by atoms with Crippen molar-refractivity contribution in [3.8, 4) is 56.8 Å². The van der Waals surface area contributed by atoms with Gasteiger partial charge in [-0.25, -0.2) is 24.9 Å². The van der Waals surface area contributed by atoms with Gasteiger partial charge >= 0.3 is 0 Å². The Bertz CT molecular complexity index is 3480. The summed E-state index contributed by atoms with van der Waals surface area (Å²) in [5.41, 5.74) is 9.33. The normalized spacial score (nSPS) is 11.9. The molecule has 12 rings (SSSR count). The second-order valence-corrected chi connectivity index (χ2v) is 15.0. The van der Waals surface area contributed by atoms with E-state index in [-0.39, 0.29) is 0 Å². The zero-order valence-electron chi connectivity index (χ0n) is 30.0. The summed E-state index contributed by atoms with van der Waals surface area (Å²) in [5, 5.41) is 5.05. The molecule has 0 radical (unpaired) electrons. The number of rotatable bonds is 5. The lowest BCUT2D eigenvalue weighted by Gasteiger charge is -2.09. The molecule has 0 amide bonds. The Morgan fingerprint density at radius 2 is 1.00 bits per heavy atom. The first kappa shape index (κ1) is 31.8. The van der Waals surface area contributed by atoms with Gasteiger partial charge in [-0.1, -0.05) is 121 Å². The molecule has 0 unspecified atom stereocenters. The van der Waals surface area contributed by atoms with Gasteiger partial charge in [0.05, 0.1) is 21.5 Å². The standard InChI is InChI=1S/C49H27N5O2S/c1-3-13-28(14-4-1)46-52-47(29-15-5-2-6-16-29)54-48(53-46)34-20-12-23-39-41(34)36-27-30(25-26-38(36)55-39)42-45-43(33-18-8-10-24-40(33)57-45)51-49(50-42)35-21-11-19-32-31-17-7-9-22-37(31)56-44(32)35/h1-27H.